The largest absolute Gasteiger partial charge is 0.481 e. The average Bonchev–Trinajstić information content (AvgIpc) is 3.00. The molecule has 0 aliphatic carbocycles. The fraction of sp³-hybridized carbons (Fsp3) is 0.222. The normalized spacial score (nSPS) is 17.2. The molecule has 0 aromatic heterocycles. The van der Waals surface area contributed by atoms with Gasteiger partial charge < -0.3 is 10.0 Å². The number of aryl methyl sites for hydroxylation is 1. The SMILES string of the molecule is Cc1ccc(F)cc1NS(=O)(=O)c1ccc(N2CC(C(=O)O)CC2=O)cc1. The molecular weight excluding hydrogens is 375 g/mol. The number of halogens is 1. The average molecular weight is 392 g/mol. The first-order valence-corrected chi connectivity index (χ1v) is 9.58. The molecule has 0 saturated carbocycles. The van der Waals surface area contributed by atoms with Crippen LogP contribution in [0.15, 0.2) is 47.4 Å². The zero-order chi connectivity index (χ0) is 19.8. The molecule has 9 heteroatoms. The Morgan fingerprint density at radius 3 is 2.48 bits per heavy atom. The number of amides is 1. The minimum absolute atomic E-state index is 0.0427. The Kier molecular flexibility index (Phi) is 4.88. The van der Waals surface area contributed by atoms with Crippen LogP contribution in [0.5, 0.6) is 0 Å². The van der Waals surface area contributed by atoms with E-state index in [1.54, 1.807) is 6.92 Å². The second kappa shape index (κ2) is 6.99. The summed E-state index contributed by atoms with van der Waals surface area (Å²) in [5, 5.41) is 9.04. The third-order valence-corrected chi connectivity index (χ3v) is 5.76. The maximum absolute atomic E-state index is 13.4. The van der Waals surface area contributed by atoms with E-state index in [0.717, 1.165) is 6.07 Å². The van der Waals surface area contributed by atoms with Crippen LogP contribution in [0.4, 0.5) is 15.8 Å². The summed E-state index contributed by atoms with van der Waals surface area (Å²) in [6, 6.07) is 9.30. The lowest BCUT2D eigenvalue weighted by atomic mass is 10.1. The lowest BCUT2D eigenvalue weighted by Crippen LogP contribution is -2.25. The molecule has 1 unspecified atom stereocenters. The maximum atomic E-state index is 13.4. The second-order valence-corrected chi connectivity index (χ2v) is 7.98. The van der Waals surface area contributed by atoms with E-state index in [4.69, 9.17) is 5.11 Å². The van der Waals surface area contributed by atoms with Crippen LogP contribution in [-0.2, 0) is 19.6 Å². The summed E-state index contributed by atoms with van der Waals surface area (Å²) in [7, 11) is -3.94. The summed E-state index contributed by atoms with van der Waals surface area (Å²) >= 11 is 0. The van der Waals surface area contributed by atoms with Crippen molar-refractivity contribution in [3.8, 4) is 0 Å². The number of carbonyl (C=O) groups is 2. The zero-order valence-electron chi connectivity index (χ0n) is 14.3. The van der Waals surface area contributed by atoms with Gasteiger partial charge in [-0.15, -0.1) is 0 Å². The topological polar surface area (TPSA) is 104 Å². The highest BCUT2D eigenvalue weighted by molar-refractivity contribution is 7.92. The molecule has 1 aliphatic rings. The molecule has 0 radical (unpaired) electrons. The van der Waals surface area contributed by atoms with Crippen molar-refractivity contribution in [2.24, 2.45) is 5.92 Å². The van der Waals surface area contributed by atoms with E-state index in [1.165, 1.54) is 41.3 Å². The van der Waals surface area contributed by atoms with Gasteiger partial charge in [-0.05, 0) is 48.9 Å². The Bertz CT molecular complexity index is 1000. The summed E-state index contributed by atoms with van der Waals surface area (Å²) in [5.74, 6) is -2.71. The number of carboxylic acid groups (broad SMARTS) is 1. The van der Waals surface area contributed by atoms with Gasteiger partial charge in [0, 0.05) is 18.7 Å². The number of aliphatic carboxylic acids is 1. The number of hydrogen-bond acceptors (Lipinski definition) is 4. The highest BCUT2D eigenvalue weighted by Crippen LogP contribution is 2.27. The Hall–Kier alpha value is -2.94. The van der Waals surface area contributed by atoms with Gasteiger partial charge in [-0.3, -0.25) is 14.3 Å². The van der Waals surface area contributed by atoms with Crippen molar-refractivity contribution in [2.45, 2.75) is 18.2 Å². The second-order valence-electron chi connectivity index (χ2n) is 6.30. The molecule has 27 heavy (non-hydrogen) atoms. The highest BCUT2D eigenvalue weighted by atomic mass is 32.2. The number of hydrogen-bond donors (Lipinski definition) is 2. The third kappa shape index (κ3) is 3.92. The van der Waals surface area contributed by atoms with E-state index in [2.05, 4.69) is 4.72 Å². The molecule has 2 aromatic carbocycles. The molecule has 142 valence electrons. The van der Waals surface area contributed by atoms with E-state index < -0.39 is 27.7 Å². The quantitative estimate of drug-likeness (QED) is 0.813. The summed E-state index contributed by atoms with van der Waals surface area (Å²) in [5.41, 5.74) is 1.13. The van der Waals surface area contributed by atoms with E-state index in [9.17, 15) is 22.4 Å². The van der Waals surface area contributed by atoms with Crippen LogP contribution in [0, 0.1) is 18.7 Å². The van der Waals surface area contributed by atoms with Gasteiger partial charge in [0.15, 0.2) is 0 Å². The predicted octanol–water partition coefficient (Wildman–Crippen LogP) is 2.37. The molecule has 1 atom stereocenters. The van der Waals surface area contributed by atoms with Crippen LogP contribution in [0.2, 0.25) is 0 Å². The van der Waals surface area contributed by atoms with Gasteiger partial charge >= 0.3 is 5.97 Å². The number of nitrogens with zero attached hydrogens (tertiary/aromatic N) is 1. The smallest absolute Gasteiger partial charge is 0.308 e. The van der Waals surface area contributed by atoms with E-state index in [1.807, 2.05) is 0 Å². The summed E-state index contributed by atoms with van der Waals surface area (Å²) in [6.07, 6.45) is -0.0875. The fourth-order valence-electron chi connectivity index (χ4n) is 2.84. The van der Waals surface area contributed by atoms with Gasteiger partial charge in [-0.25, -0.2) is 12.8 Å². The van der Waals surface area contributed by atoms with E-state index >= 15 is 0 Å². The van der Waals surface area contributed by atoms with Crippen molar-refractivity contribution in [1.29, 1.82) is 0 Å². The highest BCUT2D eigenvalue weighted by Gasteiger charge is 2.35. The monoisotopic (exact) mass is 392 g/mol. The molecular formula is C18H17FN2O5S. The van der Waals surface area contributed by atoms with Crippen molar-refractivity contribution in [3.63, 3.8) is 0 Å². The van der Waals surface area contributed by atoms with Crippen molar-refractivity contribution in [1.82, 2.24) is 0 Å². The van der Waals surface area contributed by atoms with Crippen molar-refractivity contribution < 1.29 is 27.5 Å². The molecule has 2 aromatic rings. The first kappa shape index (κ1) is 18.8. The van der Waals surface area contributed by atoms with Gasteiger partial charge in [0.1, 0.15) is 5.82 Å². The van der Waals surface area contributed by atoms with Gasteiger partial charge in [-0.1, -0.05) is 6.07 Å². The standard InChI is InChI=1S/C18H17FN2O5S/c1-11-2-3-13(19)9-16(11)20-27(25,26)15-6-4-14(5-7-15)21-10-12(18(23)24)8-17(21)22/h2-7,9,12,20H,8,10H2,1H3,(H,23,24). The molecule has 1 aliphatic heterocycles. The molecule has 3 rings (SSSR count). The van der Waals surface area contributed by atoms with Crippen molar-refractivity contribution in [3.05, 3.63) is 53.8 Å². The van der Waals surface area contributed by atoms with Crippen LogP contribution >= 0.6 is 0 Å². The van der Waals surface area contributed by atoms with Crippen LogP contribution < -0.4 is 9.62 Å². The Morgan fingerprint density at radius 2 is 1.89 bits per heavy atom. The first-order chi connectivity index (χ1) is 12.7. The van der Waals surface area contributed by atoms with Crippen LogP contribution in [-0.4, -0.2) is 31.9 Å². The van der Waals surface area contributed by atoms with Crippen molar-refractivity contribution >= 4 is 33.3 Å². The van der Waals surface area contributed by atoms with Crippen LogP contribution in [0.1, 0.15) is 12.0 Å². The summed E-state index contributed by atoms with van der Waals surface area (Å²) < 4.78 is 40.7. The maximum Gasteiger partial charge on any atom is 0.308 e. The lowest BCUT2D eigenvalue weighted by Gasteiger charge is -2.17. The lowest BCUT2D eigenvalue weighted by molar-refractivity contribution is -0.141. The minimum atomic E-state index is -3.94. The first-order valence-electron chi connectivity index (χ1n) is 8.09. The zero-order valence-corrected chi connectivity index (χ0v) is 15.2. The number of sulfonamides is 1. The number of anilines is 2. The predicted molar refractivity (Wildman–Crippen MR) is 96.5 cm³/mol. The molecule has 1 fully saturated rings. The van der Waals surface area contributed by atoms with Gasteiger partial charge in [0.05, 0.1) is 16.5 Å². The molecule has 1 heterocycles. The summed E-state index contributed by atoms with van der Waals surface area (Å²) in [4.78, 5) is 24.3. The van der Waals surface area contributed by atoms with E-state index in [-0.39, 0.29) is 29.5 Å². The molecule has 0 bridgehead atoms. The Labute approximate surface area is 155 Å². The summed E-state index contributed by atoms with van der Waals surface area (Å²) in [6.45, 7) is 1.69. The molecule has 7 nitrogen and oxygen atoms in total. The Balaban J connectivity index is 1.81. The fourth-order valence-corrected chi connectivity index (χ4v) is 3.96. The Morgan fingerprint density at radius 1 is 1.22 bits per heavy atom. The third-order valence-electron chi connectivity index (χ3n) is 4.38. The molecule has 0 spiro atoms. The van der Waals surface area contributed by atoms with E-state index in [0.29, 0.717) is 11.3 Å². The number of benzene rings is 2. The number of carboxylic acids is 1. The van der Waals surface area contributed by atoms with Gasteiger partial charge in [-0.2, -0.15) is 0 Å². The van der Waals surface area contributed by atoms with Gasteiger partial charge in [0.25, 0.3) is 10.0 Å². The number of carbonyl (C=O) groups excluding carboxylic acids is 1. The minimum Gasteiger partial charge on any atom is -0.481 e. The van der Waals surface area contributed by atoms with Gasteiger partial charge in [0.2, 0.25) is 5.91 Å². The number of rotatable bonds is 5. The van der Waals surface area contributed by atoms with Crippen molar-refractivity contribution in [2.75, 3.05) is 16.2 Å². The van der Waals surface area contributed by atoms with Crippen LogP contribution in [0.3, 0.4) is 0 Å². The molecule has 1 saturated heterocycles. The van der Waals surface area contributed by atoms with Crippen LogP contribution in [0.25, 0.3) is 0 Å². The number of nitrogens with one attached hydrogen (secondary N) is 1. The molecule has 2 N–H and O–H groups in total. The molecule has 1 amide bonds.